The van der Waals surface area contributed by atoms with Crippen molar-refractivity contribution in [1.82, 2.24) is 4.98 Å². The quantitative estimate of drug-likeness (QED) is 0.496. The highest BCUT2D eigenvalue weighted by atomic mass is 79.9. The van der Waals surface area contributed by atoms with E-state index in [0.29, 0.717) is 5.56 Å². The number of H-pyrrole nitrogens is 1. The SMILES string of the molecule is Oc1cccc(C(=NC2CCCCC2)c2c(O)[nH]c3ccc(Br)cc23)c1. The van der Waals surface area contributed by atoms with Crippen molar-refractivity contribution in [3.05, 3.63) is 58.1 Å². The van der Waals surface area contributed by atoms with E-state index in [1.54, 1.807) is 12.1 Å². The molecule has 4 nitrogen and oxygen atoms in total. The lowest BCUT2D eigenvalue weighted by Crippen LogP contribution is -2.14. The molecule has 1 aliphatic carbocycles. The highest BCUT2D eigenvalue weighted by Crippen LogP contribution is 2.33. The molecule has 134 valence electrons. The first-order valence-electron chi connectivity index (χ1n) is 8.99. The first-order chi connectivity index (χ1) is 12.6. The van der Waals surface area contributed by atoms with E-state index in [1.807, 2.05) is 30.3 Å². The number of aromatic amines is 1. The van der Waals surface area contributed by atoms with Gasteiger partial charge < -0.3 is 15.2 Å². The van der Waals surface area contributed by atoms with Crippen LogP contribution in [0, 0.1) is 0 Å². The van der Waals surface area contributed by atoms with Crippen LogP contribution in [0.3, 0.4) is 0 Å². The smallest absolute Gasteiger partial charge is 0.199 e. The average molecular weight is 413 g/mol. The molecule has 0 saturated heterocycles. The third-order valence-corrected chi connectivity index (χ3v) is 5.48. The number of nitrogens with zero attached hydrogens (tertiary/aromatic N) is 1. The molecule has 3 aromatic rings. The van der Waals surface area contributed by atoms with Crippen LogP contribution in [0.15, 0.2) is 51.9 Å². The minimum Gasteiger partial charge on any atom is -0.508 e. The Bertz CT molecular complexity index is 971. The van der Waals surface area contributed by atoms with Crippen molar-refractivity contribution in [2.24, 2.45) is 4.99 Å². The predicted molar refractivity (Wildman–Crippen MR) is 108 cm³/mol. The van der Waals surface area contributed by atoms with E-state index in [2.05, 4.69) is 20.9 Å². The molecule has 0 bridgehead atoms. The third kappa shape index (κ3) is 3.36. The number of hydrogen-bond donors (Lipinski definition) is 3. The van der Waals surface area contributed by atoms with Gasteiger partial charge in [-0.25, -0.2) is 0 Å². The highest BCUT2D eigenvalue weighted by molar-refractivity contribution is 9.10. The van der Waals surface area contributed by atoms with Crippen molar-refractivity contribution in [2.45, 2.75) is 38.1 Å². The Kier molecular flexibility index (Phi) is 4.72. The van der Waals surface area contributed by atoms with Gasteiger partial charge in [-0.1, -0.05) is 47.3 Å². The molecular weight excluding hydrogens is 392 g/mol. The van der Waals surface area contributed by atoms with Crippen LogP contribution < -0.4 is 0 Å². The normalized spacial score (nSPS) is 16.3. The number of fused-ring (bicyclic) bond motifs is 1. The average Bonchev–Trinajstić information content (AvgIpc) is 2.95. The number of halogens is 1. The van der Waals surface area contributed by atoms with Gasteiger partial charge in [0, 0.05) is 20.9 Å². The summed E-state index contributed by atoms with van der Waals surface area (Å²) in [5.74, 6) is 0.301. The summed E-state index contributed by atoms with van der Waals surface area (Å²) in [4.78, 5) is 8.09. The second-order valence-corrected chi connectivity index (χ2v) is 7.77. The highest BCUT2D eigenvalue weighted by Gasteiger charge is 2.21. The summed E-state index contributed by atoms with van der Waals surface area (Å²) in [5.41, 5.74) is 3.09. The van der Waals surface area contributed by atoms with Gasteiger partial charge in [-0.3, -0.25) is 4.99 Å². The first kappa shape index (κ1) is 17.2. The molecule has 3 N–H and O–H groups in total. The Labute approximate surface area is 160 Å². The third-order valence-electron chi connectivity index (χ3n) is 4.98. The van der Waals surface area contributed by atoms with Gasteiger partial charge in [0.05, 0.1) is 17.3 Å². The lowest BCUT2D eigenvalue weighted by molar-refractivity contribution is 0.442. The van der Waals surface area contributed by atoms with E-state index in [9.17, 15) is 10.2 Å². The number of rotatable bonds is 3. The Hall–Kier alpha value is -2.27. The van der Waals surface area contributed by atoms with Gasteiger partial charge in [-0.05, 0) is 43.2 Å². The summed E-state index contributed by atoms with van der Waals surface area (Å²) in [5, 5.41) is 21.5. The number of phenols is 1. The van der Waals surface area contributed by atoms with Crippen LogP contribution in [0.2, 0.25) is 0 Å². The lowest BCUT2D eigenvalue weighted by atomic mass is 9.94. The zero-order chi connectivity index (χ0) is 18.1. The molecule has 0 spiro atoms. The molecular formula is C21H21BrN2O2. The van der Waals surface area contributed by atoms with Gasteiger partial charge in [0.2, 0.25) is 0 Å². The zero-order valence-corrected chi connectivity index (χ0v) is 16.0. The molecule has 5 heteroatoms. The monoisotopic (exact) mass is 412 g/mol. The molecule has 0 amide bonds. The predicted octanol–water partition coefficient (Wildman–Crippen LogP) is 5.51. The Morgan fingerprint density at radius 1 is 1.04 bits per heavy atom. The maximum Gasteiger partial charge on any atom is 0.199 e. The van der Waals surface area contributed by atoms with Gasteiger partial charge in [-0.2, -0.15) is 0 Å². The number of aliphatic imine (C=N–C) groups is 1. The zero-order valence-electron chi connectivity index (χ0n) is 14.4. The maximum atomic E-state index is 10.6. The van der Waals surface area contributed by atoms with Crippen molar-refractivity contribution in [2.75, 3.05) is 0 Å². The van der Waals surface area contributed by atoms with E-state index in [1.165, 1.54) is 19.3 Å². The van der Waals surface area contributed by atoms with Gasteiger partial charge in [0.25, 0.3) is 0 Å². The van der Waals surface area contributed by atoms with Gasteiger partial charge in [0.15, 0.2) is 5.88 Å². The van der Waals surface area contributed by atoms with Crippen LogP contribution in [-0.2, 0) is 0 Å². The lowest BCUT2D eigenvalue weighted by Gasteiger charge is -2.20. The topological polar surface area (TPSA) is 68.6 Å². The molecule has 0 aliphatic heterocycles. The molecule has 0 atom stereocenters. The van der Waals surface area contributed by atoms with Crippen molar-refractivity contribution in [3.8, 4) is 11.6 Å². The summed E-state index contributed by atoms with van der Waals surface area (Å²) < 4.78 is 0.943. The number of benzene rings is 2. The molecule has 1 saturated carbocycles. The van der Waals surface area contributed by atoms with Gasteiger partial charge in [0.1, 0.15) is 5.75 Å². The van der Waals surface area contributed by atoms with Gasteiger partial charge in [-0.15, -0.1) is 0 Å². The van der Waals surface area contributed by atoms with Crippen LogP contribution in [0.4, 0.5) is 0 Å². The number of phenolic OH excluding ortho intramolecular Hbond substituents is 1. The van der Waals surface area contributed by atoms with Crippen molar-refractivity contribution in [1.29, 1.82) is 0 Å². The van der Waals surface area contributed by atoms with Crippen LogP contribution in [0.25, 0.3) is 10.9 Å². The number of aromatic nitrogens is 1. The summed E-state index contributed by atoms with van der Waals surface area (Å²) in [7, 11) is 0. The largest absolute Gasteiger partial charge is 0.508 e. The number of aromatic hydroxyl groups is 2. The van der Waals surface area contributed by atoms with E-state index >= 15 is 0 Å². The molecule has 1 aliphatic rings. The summed E-state index contributed by atoms with van der Waals surface area (Å²) >= 11 is 3.52. The summed E-state index contributed by atoms with van der Waals surface area (Å²) in [6.07, 6.45) is 5.77. The fourth-order valence-corrected chi connectivity index (χ4v) is 4.08. The van der Waals surface area contributed by atoms with Crippen LogP contribution in [0.1, 0.15) is 43.2 Å². The van der Waals surface area contributed by atoms with Crippen molar-refractivity contribution < 1.29 is 10.2 Å². The fourth-order valence-electron chi connectivity index (χ4n) is 3.72. The second-order valence-electron chi connectivity index (χ2n) is 6.86. The van der Waals surface area contributed by atoms with E-state index < -0.39 is 0 Å². The minimum atomic E-state index is 0.107. The molecule has 2 aromatic carbocycles. The number of hydrogen-bond acceptors (Lipinski definition) is 3. The van der Waals surface area contributed by atoms with Crippen molar-refractivity contribution in [3.63, 3.8) is 0 Å². The van der Waals surface area contributed by atoms with Crippen molar-refractivity contribution >= 4 is 32.5 Å². The molecule has 1 heterocycles. The molecule has 0 unspecified atom stereocenters. The van der Waals surface area contributed by atoms with Crippen LogP contribution >= 0.6 is 15.9 Å². The van der Waals surface area contributed by atoms with E-state index in [4.69, 9.17) is 4.99 Å². The fraction of sp³-hybridized carbons (Fsp3) is 0.286. The minimum absolute atomic E-state index is 0.107. The van der Waals surface area contributed by atoms with Crippen LogP contribution in [0.5, 0.6) is 11.6 Å². The Morgan fingerprint density at radius 3 is 2.62 bits per heavy atom. The molecule has 1 fully saturated rings. The first-order valence-corrected chi connectivity index (χ1v) is 9.79. The summed E-state index contributed by atoms with van der Waals surface area (Å²) in [6.45, 7) is 0. The van der Waals surface area contributed by atoms with E-state index in [-0.39, 0.29) is 17.7 Å². The van der Waals surface area contributed by atoms with E-state index in [0.717, 1.165) is 39.5 Å². The number of nitrogens with one attached hydrogen (secondary N) is 1. The molecule has 0 radical (unpaired) electrons. The second kappa shape index (κ2) is 7.16. The molecule has 1 aromatic heterocycles. The van der Waals surface area contributed by atoms with Gasteiger partial charge >= 0.3 is 0 Å². The molecule has 26 heavy (non-hydrogen) atoms. The van der Waals surface area contributed by atoms with Crippen LogP contribution in [-0.4, -0.2) is 27.0 Å². The Morgan fingerprint density at radius 2 is 1.85 bits per heavy atom. The maximum absolute atomic E-state index is 10.6. The Balaban J connectivity index is 1.92. The standard InChI is InChI=1S/C21H21BrN2O2/c22-14-9-10-18-17(12-14)19(21(26)24-18)20(13-5-4-8-16(25)11-13)23-15-6-2-1-3-7-15/h4-5,8-12,15,24-26H,1-3,6-7H2. The molecule has 4 rings (SSSR count). The summed E-state index contributed by atoms with van der Waals surface area (Å²) in [6, 6.07) is 13.2.